The summed E-state index contributed by atoms with van der Waals surface area (Å²) in [4.78, 5) is 0. The molecule has 0 aromatic carbocycles. The summed E-state index contributed by atoms with van der Waals surface area (Å²) >= 11 is 0. The normalized spacial score (nSPS) is 15.3. The van der Waals surface area contributed by atoms with E-state index in [-0.39, 0.29) is 14.4 Å². The third-order valence-corrected chi connectivity index (χ3v) is 5.85. The van der Waals surface area contributed by atoms with E-state index in [1.165, 1.54) is 19.3 Å². The van der Waals surface area contributed by atoms with Crippen LogP contribution in [0.25, 0.3) is 0 Å². The highest BCUT2D eigenvalue weighted by molar-refractivity contribution is 7.26. The van der Waals surface area contributed by atoms with E-state index < -0.39 is 0 Å². The van der Waals surface area contributed by atoms with Gasteiger partial charge in [0.05, 0.1) is 33.4 Å². The van der Waals surface area contributed by atoms with Crippen LogP contribution in [0.15, 0.2) is 6.20 Å². The summed E-state index contributed by atoms with van der Waals surface area (Å²) in [6, 6.07) is 0. The number of nitrogens with zero attached hydrogens (tertiary/aromatic N) is 4. The Balaban J connectivity index is 2.25. The average molecular weight is 430 g/mol. The lowest BCUT2D eigenvalue weighted by atomic mass is 9.82. The first kappa shape index (κ1) is 26.5. The molecule has 0 saturated heterocycles. The van der Waals surface area contributed by atoms with Gasteiger partial charge in [-0.25, -0.2) is 0 Å². The van der Waals surface area contributed by atoms with Crippen LogP contribution in [0.1, 0.15) is 66.0 Å². The van der Waals surface area contributed by atoms with Crippen molar-refractivity contribution in [1.29, 1.82) is 0 Å². The number of quaternary nitrogens is 1. The minimum atomic E-state index is 0.127. The third kappa shape index (κ3) is 13.4. The van der Waals surface area contributed by atoms with E-state index in [0.717, 1.165) is 55.2 Å². The molecular weight excluding hydrogens is 383 g/mol. The predicted octanol–water partition coefficient (Wildman–Crippen LogP) is 4.95. The fourth-order valence-corrected chi connectivity index (χ4v) is 4.11. The van der Waals surface area contributed by atoms with Crippen LogP contribution in [0.4, 0.5) is 0 Å². The molecule has 1 aromatic rings. The average Bonchev–Trinajstić information content (AvgIpc) is 3.03. The van der Waals surface area contributed by atoms with Gasteiger partial charge in [-0.15, -0.1) is 5.10 Å². The SMILES string of the molecule is CCC(C)CCCn1cc(CC(C)CC(C)(C)COPOCC[N+](C)(C)C)nn1. The van der Waals surface area contributed by atoms with E-state index in [1.807, 2.05) is 4.68 Å². The summed E-state index contributed by atoms with van der Waals surface area (Å²) in [6.45, 7) is 14.8. The summed E-state index contributed by atoms with van der Waals surface area (Å²) in [6.07, 6.45) is 7.88. The van der Waals surface area contributed by atoms with Crippen LogP contribution in [0.2, 0.25) is 0 Å². The first-order valence-electron chi connectivity index (χ1n) is 11.2. The highest BCUT2D eigenvalue weighted by atomic mass is 31.1. The first-order chi connectivity index (χ1) is 13.5. The molecule has 6 nitrogen and oxygen atoms in total. The summed E-state index contributed by atoms with van der Waals surface area (Å²) in [7, 11) is 6.64. The minimum Gasteiger partial charge on any atom is -0.336 e. The first-order valence-corrected chi connectivity index (χ1v) is 12.0. The summed E-state index contributed by atoms with van der Waals surface area (Å²) < 4.78 is 14.4. The molecular formula is C22H46N4O2P+. The Morgan fingerprint density at radius 2 is 1.90 bits per heavy atom. The van der Waals surface area contributed by atoms with Crippen molar-refractivity contribution in [3.05, 3.63) is 11.9 Å². The van der Waals surface area contributed by atoms with Crippen molar-refractivity contribution < 1.29 is 13.5 Å². The highest BCUT2D eigenvalue weighted by Gasteiger charge is 2.22. The van der Waals surface area contributed by atoms with Gasteiger partial charge >= 0.3 is 0 Å². The lowest BCUT2D eigenvalue weighted by Crippen LogP contribution is -2.37. The molecule has 1 rings (SSSR count). The fourth-order valence-electron chi connectivity index (χ4n) is 3.41. The van der Waals surface area contributed by atoms with E-state index in [9.17, 15) is 0 Å². The van der Waals surface area contributed by atoms with Gasteiger partial charge in [-0.3, -0.25) is 4.68 Å². The van der Waals surface area contributed by atoms with Gasteiger partial charge in [0.1, 0.15) is 13.2 Å². The molecule has 0 aliphatic heterocycles. The lowest BCUT2D eigenvalue weighted by molar-refractivity contribution is -0.870. The minimum absolute atomic E-state index is 0.127. The molecule has 0 N–H and O–H groups in total. The number of rotatable bonds is 16. The molecule has 1 aromatic heterocycles. The van der Waals surface area contributed by atoms with Crippen LogP contribution >= 0.6 is 9.03 Å². The van der Waals surface area contributed by atoms with Crippen LogP contribution in [0.5, 0.6) is 0 Å². The Hall–Kier alpha value is -0.550. The van der Waals surface area contributed by atoms with Crippen LogP contribution in [0.3, 0.4) is 0 Å². The van der Waals surface area contributed by atoms with Crippen molar-refractivity contribution >= 4 is 9.03 Å². The zero-order valence-electron chi connectivity index (χ0n) is 20.2. The second kappa shape index (κ2) is 13.0. The molecule has 0 saturated carbocycles. The van der Waals surface area contributed by atoms with Gasteiger partial charge in [0.2, 0.25) is 0 Å². The van der Waals surface area contributed by atoms with Gasteiger partial charge in [-0.1, -0.05) is 46.3 Å². The third-order valence-electron chi connectivity index (χ3n) is 5.27. The molecule has 3 atom stereocenters. The molecule has 0 spiro atoms. The number of aromatic nitrogens is 3. The number of hydrogen-bond acceptors (Lipinski definition) is 4. The second-order valence-electron chi connectivity index (χ2n) is 10.5. The molecule has 0 radical (unpaired) electrons. The van der Waals surface area contributed by atoms with Gasteiger partial charge < -0.3 is 13.5 Å². The highest BCUT2D eigenvalue weighted by Crippen LogP contribution is 2.30. The van der Waals surface area contributed by atoms with Gasteiger partial charge in [0.15, 0.2) is 9.03 Å². The van der Waals surface area contributed by atoms with E-state index >= 15 is 0 Å². The maximum atomic E-state index is 5.81. The Labute approximate surface area is 181 Å². The second-order valence-corrected chi connectivity index (χ2v) is 11.3. The zero-order chi connectivity index (χ0) is 21.9. The van der Waals surface area contributed by atoms with E-state index in [4.69, 9.17) is 9.05 Å². The molecule has 170 valence electrons. The van der Waals surface area contributed by atoms with Crippen LogP contribution in [0, 0.1) is 17.3 Å². The number of likely N-dealkylation sites (N-methyl/N-ethyl adjacent to an activating group) is 1. The molecule has 0 amide bonds. The summed E-state index contributed by atoms with van der Waals surface area (Å²) in [5, 5.41) is 8.69. The monoisotopic (exact) mass is 429 g/mol. The Morgan fingerprint density at radius 3 is 2.55 bits per heavy atom. The van der Waals surface area contributed by atoms with Crippen LogP contribution in [-0.2, 0) is 22.0 Å². The van der Waals surface area contributed by atoms with Crippen molar-refractivity contribution in [3.63, 3.8) is 0 Å². The fraction of sp³-hybridized carbons (Fsp3) is 0.909. The summed E-state index contributed by atoms with van der Waals surface area (Å²) in [5.41, 5.74) is 1.23. The molecule has 0 fully saturated rings. The number of hydrogen-bond donors (Lipinski definition) is 0. The molecule has 1 heterocycles. The largest absolute Gasteiger partial charge is 0.336 e. The van der Waals surface area contributed by atoms with Gasteiger partial charge in [-0.05, 0) is 42.9 Å². The van der Waals surface area contributed by atoms with Crippen molar-refractivity contribution in [2.24, 2.45) is 17.3 Å². The standard InChI is InChI=1S/C22H46N4O2P/c1-9-19(2)11-10-12-25-17-21(23-24-25)15-20(3)16-22(4,5)18-28-29-27-14-13-26(6,7)8/h17,19-20,29H,9-16,18H2,1-8H3/q+1. The quantitative estimate of drug-likeness (QED) is 0.212. The summed E-state index contributed by atoms with van der Waals surface area (Å²) in [5.74, 6) is 1.34. The van der Waals surface area contributed by atoms with Crippen molar-refractivity contribution in [2.45, 2.75) is 73.3 Å². The maximum absolute atomic E-state index is 5.81. The Kier molecular flexibility index (Phi) is 11.9. The van der Waals surface area contributed by atoms with Gasteiger partial charge in [0.25, 0.3) is 0 Å². The smallest absolute Gasteiger partial charge is 0.155 e. The molecule has 7 heteroatoms. The van der Waals surface area contributed by atoms with Gasteiger partial charge in [0, 0.05) is 12.7 Å². The Bertz CT molecular complexity index is 557. The van der Waals surface area contributed by atoms with Crippen molar-refractivity contribution in [1.82, 2.24) is 15.0 Å². The molecule has 0 bridgehead atoms. The van der Waals surface area contributed by atoms with Crippen LogP contribution in [-0.4, -0.2) is 60.4 Å². The zero-order valence-corrected chi connectivity index (χ0v) is 21.2. The topological polar surface area (TPSA) is 49.2 Å². The maximum Gasteiger partial charge on any atom is 0.155 e. The predicted molar refractivity (Wildman–Crippen MR) is 123 cm³/mol. The van der Waals surface area contributed by atoms with E-state index in [1.54, 1.807) is 0 Å². The number of aryl methyl sites for hydroxylation is 1. The van der Waals surface area contributed by atoms with Crippen molar-refractivity contribution in [3.8, 4) is 0 Å². The lowest BCUT2D eigenvalue weighted by Gasteiger charge is -2.27. The molecule has 0 aliphatic carbocycles. The molecule has 29 heavy (non-hydrogen) atoms. The van der Waals surface area contributed by atoms with E-state index in [0.29, 0.717) is 5.92 Å². The van der Waals surface area contributed by atoms with E-state index in [2.05, 4.69) is 72.3 Å². The van der Waals surface area contributed by atoms with Crippen molar-refractivity contribution in [2.75, 3.05) is 40.9 Å². The Morgan fingerprint density at radius 1 is 1.17 bits per heavy atom. The molecule has 0 aliphatic rings. The van der Waals surface area contributed by atoms with Gasteiger partial charge in [-0.2, -0.15) is 0 Å². The van der Waals surface area contributed by atoms with Crippen LogP contribution < -0.4 is 0 Å². The molecule has 3 unspecified atom stereocenters.